The van der Waals surface area contributed by atoms with Crippen LogP contribution in [-0.2, 0) is 0 Å². The van der Waals surface area contributed by atoms with E-state index < -0.39 is 11.6 Å². The fourth-order valence-electron chi connectivity index (χ4n) is 2.84. The average Bonchev–Trinajstić information content (AvgIpc) is 3.06. The van der Waals surface area contributed by atoms with Crippen molar-refractivity contribution in [3.63, 3.8) is 0 Å². The van der Waals surface area contributed by atoms with Crippen molar-refractivity contribution < 1.29 is 8.78 Å². The maximum Gasteiger partial charge on any atom is 0.135 e. The van der Waals surface area contributed by atoms with Crippen LogP contribution < -0.4 is 0 Å². The first kappa shape index (κ1) is 15.0. The van der Waals surface area contributed by atoms with Crippen molar-refractivity contribution in [3.8, 4) is 21.8 Å². The summed E-state index contributed by atoms with van der Waals surface area (Å²) in [6, 6.07) is 9.63. The van der Waals surface area contributed by atoms with E-state index in [1.165, 1.54) is 29.5 Å². The lowest BCUT2D eigenvalue weighted by molar-refractivity contribution is 0.588. The van der Waals surface area contributed by atoms with E-state index in [2.05, 4.69) is 10.1 Å². The minimum absolute atomic E-state index is 0.0772. The summed E-state index contributed by atoms with van der Waals surface area (Å²) < 4.78 is 30.0. The second-order valence-electron chi connectivity index (χ2n) is 5.51. The van der Waals surface area contributed by atoms with Crippen molar-refractivity contribution in [1.29, 1.82) is 0 Å². The Labute approximate surface area is 141 Å². The number of benzene rings is 1. The van der Waals surface area contributed by atoms with Crippen LogP contribution in [0.1, 0.15) is 10.6 Å². The van der Waals surface area contributed by atoms with Crippen molar-refractivity contribution in [2.24, 2.45) is 0 Å². The Balaban J connectivity index is 1.95. The molecule has 0 saturated heterocycles. The zero-order valence-electron chi connectivity index (χ0n) is 13.0. The van der Waals surface area contributed by atoms with E-state index in [0.717, 1.165) is 21.7 Å². The molecule has 0 amide bonds. The molecule has 0 saturated carbocycles. The van der Waals surface area contributed by atoms with E-state index in [1.54, 1.807) is 4.52 Å². The minimum Gasteiger partial charge on any atom is -0.240 e. The molecule has 0 fully saturated rings. The van der Waals surface area contributed by atoms with Gasteiger partial charge in [-0.25, -0.2) is 18.3 Å². The van der Waals surface area contributed by atoms with Gasteiger partial charge in [0.2, 0.25) is 0 Å². The third-order valence-corrected chi connectivity index (χ3v) is 4.91. The maximum absolute atomic E-state index is 14.1. The highest BCUT2D eigenvalue weighted by atomic mass is 32.1. The Kier molecular flexibility index (Phi) is 3.42. The van der Waals surface area contributed by atoms with Gasteiger partial charge in [-0.1, -0.05) is 12.1 Å². The van der Waals surface area contributed by atoms with Gasteiger partial charge in [0.25, 0.3) is 0 Å². The fourth-order valence-corrected chi connectivity index (χ4v) is 3.87. The molecule has 4 aromatic rings. The lowest BCUT2D eigenvalue weighted by Gasteiger charge is -2.02. The molecule has 0 aliphatic rings. The number of thiazole rings is 1. The molecular weight excluding hydrogens is 328 g/mol. The van der Waals surface area contributed by atoms with E-state index in [1.807, 2.05) is 38.2 Å². The molecule has 4 rings (SSSR count). The van der Waals surface area contributed by atoms with E-state index in [0.29, 0.717) is 10.7 Å². The van der Waals surface area contributed by atoms with E-state index in [4.69, 9.17) is 0 Å². The highest BCUT2D eigenvalue weighted by Crippen LogP contribution is 2.38. The molecule has 24 heavy (non-hydrogen) atoms. The standard InChI is InChI=1S/C18H13F2N3S/c1-10-15(14-8-3-4-9-23(14)22-10)18-21-17(11(2)24-18)16-12(19)6-5-7-13(16)20/h3-9H,1-2H3. The first-order chi connectivity index (χ1) is 11.6. The summed E-state index contributed by atoms with van der Waals surface area (Å²) in [6.45, 7) is 3.73. The molecular formula is C18H13F2N3S. The third-order valence-electron chi connectivity index (χ3n) is 3.92. The summed E-state index contributed by atoms with van der Waals surface area (Å²) in [4.78, 5) is 5.31. The molecule has 0 N–H and O–H groups in total. The van der Waals surface area contributed by atoms with E-state index in [9.17, 15) is 8.78 Å². The number of rotatable bonds is 2. The summed E-state index contributed by atoms with van der Waals surface area (Å²) in [5.41, 5.74) is 2.92. The van der Waals surface area contributed by atoms with Crippen LogP contribution in [0.4, 0.5) is 8.78 Å². The zero-order chi connectivity index (χ0) is 16.8. The maximum atomic E-state index is 14.1. The first-order valence-corrected chi connectivity index (χ1v) is 8.24. The Morgan fingerprint density at radius 3 is 2.46 bits per heavy atom. The number of aryl methyl sites for hydroxylation is 2. The monoisotopic (exact) mass is 341 g/mol. The topological polar surface area (TPSA) is 30.2 Å². The average molecular weight is 341 g/mol. The van der Waals surface area contributed by atoms with Crippen molar-refractivity contribution in [1.82, 2.24) is 14.6 Å². The molecule has 0 bridgehead atoms. The molecule has 3 nitrogen and oxygen atoms in total. The van der Waals surface area contributed by atoms with Crippen molar-refractivity contribution in [2.45, 2.75) is 13.8 Å². The smallest absolute Gasteiger partial charge is 0.135 e. The van der Waals surface area contributed by atoms with Gasteiger partial charge in [0, 0.05) is 11.1 Å². The molecule has 1 aromatic carbocycles. The van der Waals surface area contributed by atoms with Crippen LogP contribution in [0.25, 0.3) is 27.3 Å². The van der Waals surface area contributed by atoms with Gasteiger partial charge in [-0.05, 0) is 38.1 Å². The number of halogens is 2. The number of pyridine rings is 1. The number of hydrogen-bond acceptors (Lipinski definition) is 3. The molecule has 0 unspecified atom stereocenters. The van der Waals surface area contributed by atoms with Crippen molar-refractivity contribution in [3.05, 3.63) is 64.8 Å². The Hall–Kier alpha value is -2.60. The van der Waals surface area contributed by atoms with Crippen LogP contribution in [-0.4, -0.2) is 14.6 Å². The predicted octanol–water partition coefficient (Wildman–Crippen LogP) is 5.02. The van der Waals surface area contributed by atoms with E-state index >= 15 is 0 Å². The third kappa shape index (κ3) is 2.22. The molecule has 120 valence electrons. The van der Waals surface area contributed by atoms with Gasteiger partial charge in [-0.3, -0.25) is 0 Å². The van der Waals surface area contributed by atoms with Gasteiger partial charge in [-0.15, -0.1) is 11.3 Å². The summed E-state index contributed by atoms with van der Waals surface area (Å²) >= 11 is 1.42. The Morgan fingerprint density at radius 1 is 0.958 bits per heavy atom. The Morgan fingerprint density at radius 2 is 1.71 bits per heavy atom. The summed E-state index contributed by atoms with van der Waals surface area (Å²) in [7, 11) is 0. The van der Waals surface area contributed by atoms with Gasteiger partial charge in [0.1, 0.15) is 16.6 Å². The molecule has 0 aliphatic heterocycles. The van der Waals surface area contributed by atoms with Gasteiger partial charge in [0.05, 0.1) is 28.0 Å². The van der Waals surface area contributed by atoms with Crippen LogP contribution in [0, 0.1) is 25.5 Å². The number of nitrogens with zero attached hydrogens (tertiary/aromatic N) is 3. The molecule has 0 atom stereocenters. The molecule has 3 heterocycles. The van der Waals surface area contributed by atoms with Crippen LogP contribution in [0.3, 0.4) is 0 Å². The Bertz CT molecular complexity index is 1050. The first-order valence-electron chi connectivity index (χ1n) is 7.42. The van der Waals surface area contributed by atoms with Gasteiger partial charge < -0.3 is 0 Å². The second kappa shape index (κ2) is 5.49. The second-order valence-corrected chi connectivity index (χ2v) is 6.71. The lowest BCUT2D eigenvalue weighted by Crippen LogP contribution is -1.91. The minimum atomic E-state index is -0.605. The SMILES string of the molecule is Cc1nn2ccccc2c1-c1nc(-c2c(F)cccc2F)c(C)s1. The molecule has 0 aliphatic carbocycles. The highest BCUT2D eigenvalue weighted by Gasteiger charge is 2.21. The summed E-state index contributed by atoms with van der Waals surface area (Å²) in [5.74, 6) is -1.21. The van der Waals surface area contributed by atoms with Crippen LogP contribution in [0.2, 0.25) is 0 Å². The molecule has 6 heteroatoms. The summed E-state index contributed by atoms with van der Waals surface area (Å²) in [6.07, 6.45) is 1.86. The normalized spacial score (nSPS) is 11.3. The molecule has 3 aromatic heterocycles. The van der Waals surface area contributed by atoms with Gasteiger partial charge >= 0.3 is 0 Å². The number of fused-ring (bicyclic) bond motifs is 1. The van der Waals surface area contributed by atoms with Crippen LogP contribution in [0.15, 0.2) is 42.6 Å². The predicted molar refractivity (Wildman–Crippen MR) is 91.1 cm³/mol. The highest BCUT2D eigenvalue weighted by molar-refractivity contribution is 7.15. The number of hydrogen-bond donors (Lipinski definition) is 0. The van der Waals surface area contributed by atoms with Crippen molar-refractivity contribution in [2.75, 3.05) is 0 Å². The van der Waals surface area contributed by atoms with Crippen molar-refractivity contribution >= 4 is 16.9 Å². The molecule has 0 spiro atoms. The zero-order valence-corrected chi connectivity index (χ0v) is 13.9. The lowest BCUT2D eigenvalue weighted by atomic mass is 10.1. The number of aromatic nitrogens is 3. The fraction of sp³-hybridized carbons (Fsp3) is 0.111. The van der Waals surface area contributed by atoms with Gasteiger partial charge in [-0.2, -0.15) is 5.10 Å². The van der Waals surface area contributed by atoms with Crippen LogP contribution in [0.5, 0.6) is 0 Å². The molecule has 0 radical (unpaired) electrons. The quantitative estimate of drug-likeness (QED) is 0.512. The van der Waals surface area contributed by atoms with Crippen LogP contribution >= 0.6 is 11.3 Å². The summed E-state index contributed by atoms with van der Waals surface area (Å²) in [5, 5.41) is 5.18. The largest absolute Gasteiger partial charge is 0.240 e. The van der Waals surface area contributed by atoms with E-state index in [-0.39, 0.29) is 5.56 Å². The van der Waals surface area contributed by atoms with Gasteiger partial charge in [0.15, 0.2) is 0 Å².